The summed E-state index contributed by atoms with van der Waals surface area (Å²) in [6.07, 6.45) is 5.06. The summed E-state index contributed by atoms with van der Waals surface area (Å²) in [7, 11) is 0. The van der Waals surface area contributed by atoms with Crippen LogP contribution in [0.3, 0.4) is 0 Å². The van der Waals surface area contributed by atoms with Gasteiger partial charge in [0.2, 0.25) is 5.91 Å². The normalized spacial score (nSPS) is 16.4. The van der Waals surface area contributed by atoms with Gasteiger partial charge in [-0.25, -0.2) is 5.84 Å². The van der Waals surface area contributed by atoms with Crippen molar-refractivity contribution in [1.82, 2.24) is 10.3 Å². The van der Waals surface area contributed by atoms with E-state index < -0.39 is 0 Å². The zero-order valence-electron chi connectivity index (χ0n) is 11.6. The lowest BCUT2D eigenvalue weighted by Crippen LogP contribution is -2.32. The van der Waals surface area contributed by atoms with E-state index in [1.165, 1.54) is 6.42 Å². The van der Waals surface area contributed by atoms with Crippen LogP contribution in [0, 0.1) is 0 Å². The Morgan fingerprint density at radius 3 is 2.55 bits per heavy atom. The van der Waals surface area contributed by atoms with Crippen molar-refractivity contribution < 1.29 is 9.59 Å². The molecular weight excluding hydrogens is 254 g/mol. The van der Waals surface area contributed by atoms with Crippen molar-refractivity contribution in [3.05, 3.63) is 35.4 Å². The fourth-order valence-electron chi connectivity index (χ4n) is 2.45. The third kappa shape index (κ3) is 3.81. The summed E-state index contributed by atoms with van der Waals surface area (Å²) >= 11 is 0. The molecule has 1 heterocycles. The number of nitrogen functional groups attached to an aromatic ring is 1. The van der Waals surface area contributed by atoms with Crippen LogP contribution in [0.5, 0.6) is 0 Å². The van der Waals surface area contributed by atoms with Crippen molar-refractivity contribution in [1.29, 1.82) is 0 Å². The lowest BCUT2D eigenvalue weighted by Gasteiger charge is -2.25. The largest absolute Gasteiger partial charge is 0.338 e. The fraction of sp³-hybridized carbons (Fsp3) is 0.467. The van der Waals surface area contributed by atoms with Crippen LogP contribution in [0.15, 0.2) is 24.3 Å². The van der Waals surface area contributed by atoms with Crippen molar-refractivity contribution >= 4 is 11.8 Å². The molecule has 1 saturated heterocycles. The van der Waals surface area contributed by atoms with Crippen molar-refractivity contribution in [3.8, 4) is 0 Å². The van der Waals surface area contributed by atoms with Gasteiger partial charge in [0.1, 0.15) is 0 Å². The topological polar surface area (TPSA) is 75.4 Å². The van der Waals surface area contributed by atoms with E-state index >= 15 is 0 Å². The monoisotopic (exact) mass is 275 g/mol. The molecule has 108 valence electrons. The Morgan fingerprint density at radius 1 is 1.15 bits per heavy atom. The van der Waals surface area contributed by atoms with Gasteiger partial charge in [-0.3, -0.25) is 15.0 Å². The first kappa shape index (κ1) is 14.5. The SMILES string of the molecule is NNC(=O)c1ccc(CN2CCCCCCC2=O)cc1. The lowest BCUT2D eigenvalue weighted by atomic mass is 10.1. The summed E-state index contributed by atoms with van der Waals surface area (Å²) in [5, 5.41) is 0. The molecule has 1 aromatic rings. The summed E-state index contributed by atoms with van der Waals surface area (Å²) < 4.78 is 0. The van der Waals surface area contributed by atoms with Crippen LogP contribution in [-0.2, 0) is 11.3 Å². The summed E-state index contributed by atoms with van der Waals surface area (Å²) in [4.78, 5) is 25.3. The van der Waals surface area contributed by atoms with Crippen LogP contribution in [-0.4, -0.2) is 23.3 Å². The quantitative estimate of drug-likeness (QED) is 0.499. The highest BCUT2D eigenvalue weighted by molar-refractivity contribution is 5.93. The molecule has 5 nitrogen and oxygen atoms in total. The third-order valence-electron chi connectivity index (χ3n) is 3.64. The molecule has 0 atom stereocenters. The van der Waals surface area contributed by atoms with Crippen molar-refractivity contribution in [3.63, 3.8) is 0 Å². The van der Waals surface area contributed by atoms with E-state index in [0.717, 1.165) is 31.4 Å². The Balaban J connectivity index is 2.00. The molecule has 1 aliphatic rings. The van der Waals surface area contributed by atoms with Gasteiger partial charge < -0.3 is 4.90 Å². The number of nitrogens with two attached hydrogens (primary N) is 1. The second-order valence-electron chi connectivity index (χ2n) is 5.15. The summed E-state index contributed by atoms with van der Waals surface area (Å²) in [5.41, 5.74) is 3.66. The molecule has 0 spiro atoms. The Morgan fingerprint density at radius 2 is 1.85 bits per heavy atom. The first-order valence-electron chi connectivity index (χ1n) is 7.08. The highest BCUT2D eigenvalue weighted by atomic mass is 16.2. The predicted octanol–water partition coefficient (Wildman–Crippen LogP) is 1.58. The third-order valence-corrected chi connectivity index (χ3v) is 3.64. The minimum Gasteiger partial charge on any atom is -0.338 e. The van der Waals surface area contributed by atoms with Gasteiger partial charge in [-0.15, -0.1) is 0 Å². The number of rotatable bonds is 3. The van der Waals surface area contributed by atoms with Crippen LogP contribution in [0.1, 0.15) is 48.0 Å². The maximum Gasteiger partial charge on any atom is 0.265 e. The summed E-state index contributed by atoms with van der Waals surface area (Å²) in [6, 6.07) is 7.20. The number of benzene rings is 1. The maximum absolute atomic E-state index is 12.0. The van der Waals surface area contributed by atoms with Gasteiger partial charge in [0, 0.05) is 25.1 Å². The van der Waals surface area contributed by atoms with E-state index in [1.807, 2.05) is 17.0 Å². The maximum atomic E-state index is 12.0. The smallest absolute Gasteiger partial charge is 0.265 e. The number of hydrogen-bond acceptors (Lipinski definition) is 3. The molecule has 1 fully saturated rings. The Hall–Kier alpha value is -1.88. The van der Waals surface area contributed by atoms with E-state index in [1.54, 1.807) is 12.1 Å². The zero-order valence-corrected chi connectivity index (χ0v) is 11.6. The fourth-order valence-corrected chi connectivity index (χ4v) is 2.45. The predicted molar refractivity (Wildman–Crippen MR) is 76.6 cm³/mol. The van der Waals surface area contributed by atoms with Crippen LogP contribution in [0.4, 0.5) is 0 Å². The number of likely N-dealkylation sites (tertiary alicyclic amines) is 1. The van der Waals surface area contributed by atoms with Crippen molar-refractivity contribution in [2.75, 3.05) is 6.54 Å². The second kappa shape index (κ2) is 7.05. The van der Waals surface area contributed by atoms with Crippen LogP contribution >= 0.6 is 0 Å². The molecule has 2 rings (SSSR count). The molecule has 0 unspecified atom stereocenters. The van der Waals surface area contributed by atoms with E-state index in [9.17, 15) is 9.59 Å². The van der Waals surface area contributed by atoms with Gasteiger partial charge in [-0.05, 0) is 30.5 Å². The second-order valence-corrected chi connectivity index (χ2v) is 5.15. The molecule has 20 heavy (non-hydrogen) atoms. The number of carbonyl (C=O) groups is 2. The number of carbonyl (C=O) groups excluding carboxylic acids is 2. The number of hydrogen-bond donors (Lipinski definition) is 2. The first-order valence-corrected chi connectivity index (χ1v) is 7.08. The molecule has 5 heteroatoms. The number of nitrogens with one attached hydrogen (secondary N) is 1. The number of hydrazine groups is 1. The van der Waals surface area contributed by atoms with Gasteiger partial charge in [0.05, 0.1) is 0 Å². The van der Waals surface area contributed by atoms with E-state index in [0.29, 0.717) is 18.5 Å². The van der Waals surface area contributed by atoms with Gasteiger partial charge in [-0.1, -0.05) is 25.0 Å². The van der Waals surface area contributed by atoms with Crippen molar-refractivity contribution in [2.45, 2.75) is 38.6 Å². The Bertz CT molecular complexity index is 471. The van der Waals surface area contributed by atoms with Crippen molar-refractivity contribution in [2.24, 2.45) is 5.84 Å². The molecule has 0 saturated carbocycles. The molecular formula is C15H21N3O2. The van der Waals surface area contributed by atoms with Crippen LogP contribution in [0.25, 0.3) is 0 Å². The molecule has 0 radical (unpaired) electrons. The first-order chi connectivity index (χ1) is 9.70. The van der Waals surface area contributed by atoms with Gasteiger partial charge in [0.15, 0.2) is 0 Å². The average Bonchev–Trinajstić information content (AvgIpc) is 2.47. The van der Waals surface area contributed by atoms with Gasteiger partial charge in [-0.2, -0.15) is 0 Å². The van der Waals surface area contributed by atoms with E-state index in [2.05, 4.69) is 5.43 Å². The van der Waals surface area contributed by atoms with Gasteiger partial charge >= 0.3 is 0 Å². The average molecular weight is 275 g/mol. The van der Waals surface area contributed by atoms with E-state index in [4.69, 9.17) is 5.84 Å². The standard InChI is InChI=1S/C15H21N3O2/c16-17-15(20)13-8-6-12(7-9-13)11-18-10-4-2-1-3-5-14(18)19/h6-9H,1-5,10-11,16H2,(H,17,20). The Kier molecular flexibility index (Phi) is 5.12. The number of amides is 2. The minimum atomic E-state index is -0.307. The van der Waals surface area contributed by atoms with E-state index in [-0.39, 0.29) is 11.8 Å². The Labute approximate surface area is 119 Å². The number of nitrogens with zero attached hydrogens (tertiary/aromatic N) is 1. The molecule has 0 aromatic heterocycles. The molecule has 1 aliphatic heterocycles. The lowest BCUT2D eigenvalue weighted by molar-refractivity contribution is -0.132. The van der Waals surface area contributed by atoms with Crippen LogP contribution < -0.4 is 11.3 Å². The molecule has 0 bridgehead atoms. The summed E-state index contributed by atoms with van der Waals surface area (Å²) in [6.45, 7) is 1.44. The molecule has 3 N–H and O–H groups in total. The molecule has 1 aromatic carbocycles. The zero-order chi connectivity index (χ0) is 14.4. The molecule has 0 aliphatic carbocycles. The minimum absolute atomic E-state index is 0.230. The molecule has 2 amide bonds. The van der Waals surface area contributed by atoms with Crippen LogP contribution in [0.2, 0.25) is 0 Å². The summed E-state index contributed by atoms with van der Waals surface area (Å²) in [5.74, 6) is 5.01. The van der Waals surface area contributed by atoms with Gasteiger partial charge in [0.25, 0.3) is 5.91 Å². The highest BCUT2D eigenvalue weighted by Crippen LogP contribution is 2.15. The highest BCUT2D eigenvalue weighted by Gasteiger charge is 2.15.